The van der Waals surface area contributed by atoms with E-state index in [0.717, 1.165) is 44.7 Å². The summed E-state index contributed by atoms with van der Waals surface area (Å²) >= 11 is 13.6. The molecule has 0 aliphatic rings. The van der Waals surface area contributed by atoms with Crippen LogP contribution >= 0.6 is 35.0 Å². The van der Waals surface area contributed by atoms with E-state index < -0.39 is 0 Å². The van der Waals surface area contributed by atoms with Gasteiger partial charge in [-0.15, -0.1) is 0 Å². The number of carbonyl (C=O) groups excluding carboxylic acids is 1. The van der Waals surface area contributed by atoms with Gasteiger partial charge in [-0.3, -0.25) is 4.79 Å². The molecule has 0 aliphatic heterocycles. The summed E-state index contributed by atoms with van der Waals surface area (Å²) in [6.45, 7) is 0.482. The van der Waals surface area contributed by atoms with Crippen molar-refractivity contribution < 1.29 is 14.3 Å². The van der Waals surface area contributed by atoms with E-state index in [2.05, 4.69) is 5.32 Å². The van der Waals surface area contributed by atoms with E-state index >= 15 is 0 Å². The van der Waals surface area contributed by atoms with Crippen molar-refractivity contribution in [3.05, 3.63) is 82.3 Å². The van der Waals surface area contributed by atoms with Gasteiger partial charge in [-0.1, -0.05) is 41.0 Å². The van der Waals surface area contributed by atoms with Crippen molar-refractivity contribution >= 4 is 40.9 Å². The SMILES string of the molecule is COc1ccc(-c2nc(SCC(=O)NCCc3ccc(Cl)cc3Cl)n(C)c2-c2ccc(OC)cc2)cc1. The second kappa shape index (κ2) is 12.4. The molecule has 192 valence electrons. The zero-order chi connectivity index (χ0) is 26.4. The second-order valence-electron chi connectivity index (χ2n) is 8.23. The zero-order valence-corrected chi connectivity index (χ0v) is 23.1. The molecule has 0 aliphatic carbocycles. The van der Waals surface area contributed by atoms with Crippen molar-refractivity contribution in [2.24, 2.45) is 7.05 Å². The van der Waals surface area contributed by atoms with E-state index in [0.29, 0.717) is 23.0 Å². The molecule has 1 aromatic heterocycles. The third-order valence-electron chi connectivity index (χ3n) is 5.84. The van der Waals surface area contributed by atoms with E-state index in [1.165, 1.54) is 11.8 Å². The number of nitrogens with one attached hydrogen (secondary N) is 1. The molecule has 0 spiro atoms. The van der Waals surface area contributed by atoms with Crippen LogP contribution in [0.25, 0.3) is 22.5 Å². The fourth-order valence-electron chi connectivity index (χ4n) is 3.88. The number of methoxy groups -OCH3 is 2. The number of hydrogen-bond acceptors (Lipinski definition) is 5. The summed E-state index contributed by atoms with van der Waals surface area (Å²) in [6.07, 6.45) is 0.623. The summed E-state index contributed by atoms with van der Waals surface area (Å²) in [7, 11) is 5.25. The fourth-order valence-corrected chi connectivity index (χ4v) is 5.18. The highest BCUT2D eigenvalue weighted by molar-refractivity contribution is 7.99. The predicted molar refractivity (Wildman–Crippen MR) is 151 cm³/mol. The Hall–Kier alpha value is -3.13. The van der Waals surface area contributed by atoms with Gasteiger partial charge in [0.05, 0.1) is 31.4 Å². The summed E-state index contributed by atoms with van der Waals surface area (Å²) in [4.78, 5) is 17.5. The molecule has 3 aromatic carbocycles. The van der Waals surface area contributed by atoms with Gasteiger partial charge in [-0.2, -0.15) is 0 Å². The Labute approximate surface area is 230 Å². The normalized spacial score (nSPS) is 10.8. The van der Waals surface area contributed by atoms with Crippen LogP contribution in [0, 0.1) is 0 Å². The molecule has 0 saturated heterocycles. The number of halogens is 2. The molecule has 0 unspecified atom stereocenters. The Morgan fingerprint density at radius 2 is 1.57 bits per heavy atom. The number of imidazole rings is 1. The smallest absolute Gasteiger partial charge is 0.230 e. The second-order valence-corrected chi connectivity index (χ2v) is 10.0. The number of thioether (sulfide) groups is 1. The molecular formula is C28H27Cl2N3O3S. The minimum Gasteiger partial charge on any atom is -0.497 e. The third-order valence-corrected chi connectivity index (χ3v) is 7.46. The van der Waals surface area contributed by atoms with E-state index in [4.69, 9.17) is 37.7 Å². The third kappa shape index (κ3) is 6.60. The van der Waals surface area contributed by atoms with Crippen LogP contribution in [0.5, 0.6) is 11.5 Å². The van der Waals surface area contributed by atoms with Crippen molar-refractivity contribution in [3.63, 3.8) is 0 Å². The molecule has 0 fully saturated rings. The number of nitrogens with zero attached hydrogens (tertiary/aromatic N) is 2. The Morgan fingerprint density at radius 1 is 0.946 bits per heavy atom. The van der Waals surface area contributed by atoms with Crippen LogP contribution in [0.1, 0.15) is 5.56 Å². The van der Waals surface area contributed by atoms with E-state index in [-0.39, 0.29) is 11.7 Å². The molecular weight excluding hydrogens is 529 g/mol. The molecule has 1 amide bonds. The summed E-state index contributed by atoms with van der Waals surface area (Å²) in [5, 5.41) is 4.89. The molecule has 4 rings (SSSR count). The maximum atomic E-state index is 12.6. The van der Waals surface area contributed by atoms with Crippen LogP contribution < -0.4 is 14.8 Å². The van der Waals surface area contributed by atoms with Crippen molar-refractivity contribution in [1.29, 1.82) is 0 Å². The molecule has 1 heterocycles. The number of ether oxygens (including phenoxy) is 2. The average Bonchev–Trinajstić information content (AvgIpc) is 3.24. The lowest BCUT2D eigenvalue weighted by molar-refractivity contribution is -0.118. The first-order chi connectivity index (χ1) is 17.9. The average molecular weight is 557 g/mol. The number of aromatic nitrogens is 2. The number of rotatable bonds is 10. The zero-order valence-electron chi connectivity index (χ0n) is 20.8. The van der Waals surface area contributed by atoms with E-state index in [1.54, 1.807) is 26.4 Å². The standard InChI is InChI=1S/C28H27Cl2N3O3S/c1-33-27(20-7-12-23(36-3)13-8-20)26(19-5-10-22(35-2)11-6-19)32-28(33)37-17-25(34)31-15-14-18-4-9-21(29)16-24(18)30/h4-13,16H,14-15,17H2,1-3H3,(H,31,34). The van der Waals surface area contributed by atoms with Crippen LogP contribution in [0.2, 0.25) is 10.0 Å². The Bertz CT molecular complexity index is 1370. The Balaban J connectivity index is 1.50. The lowest BCUT2D eigenvalue weighted by Gasteiger charge is -2.09. The number of amides is 1. The summed E-state index contributed by atoms with van der Waals surface area (Å²) in [6, 6.07) is 21.0. The molecule has 0 bridgehead atoms. The molecule has 37 heavy (non-hydrogen) atoms. The summed E-state index contributed by atoms with van der Waals surface area (Å²) in [5.74, 6) is 1.72. The Kier molecular flexibility index (Phi) is 9.03. The van der Waals surface area contributed by atoms with Crippen molar-refractivity contribution in [2.45, 2.75) is 11.6 Å². The minimum absolute atomic E-state index is 0.0740. The van der Waals surface area contributed by atoms with Crippen LogP contribution in [0.15, 0.2) is 71.9 Å². The van der Waals surface area contributed by atoms with Gasteiger partial charge < -0.3 is 19.4 Å². The highest BCUT2D eigenvalue weighted by Crippen LogP contribution is 2.36. The van der Waals surface area contributed by atoms with Gasteiger partial charge >= 0.3 is 0 Å². The van der Waals surface area contributed by atoms with Gasteiger partial charge in [0.15, 0.2) is 5.16 Å². The fraction of sp³-hybridized carbons (Fsp3) is 0.214. The van der Waals surface area contributed by atoms with Gasteiger partial charge in [0, 0.05) is 34.8 Å². The molecule has 4 aromatic rings. The lowest BCUT2D eigenvalue weighted by atomic mass is 10.0. The number of hydrogen-bond donors (Lipinski definition) is 1. The topological polar surface area (TPSA) is 65.4 Å². The lowest BCUT2D eigenvalue weighted by Crippen LogP contribution is -2.27. The first kappa shape index (κ1) is 26.9. The number of carbonyl (C=O) groups is 1. The van der Waals surface area contributed by atoms with Crippen molar-refractivity contribution in [1.82, 2.24) is 14.9 Å². The van der Waals surface area contributed by atoms with Gasteiger partial charge in [0.1, 0.15) is 11.5 Å². The van der Waals surface area contributed by atoms with Crippen molar-refractivity contribution in [3.8, 4) is 34.0 Å². The van der Waals surface area contributed by atoms with Gasteiger partial charge in [-0.05, 0) is 72.6 Å². The van der Waals surface area contributed by atoms with E-state index in [9.17, 15) is 4.79 Å². The van der Waals surface area contributed by atoms with E-state index in [1.807, 2.05) is 66.2 Å². The molecule has 6 nitrogen and oxygen atoms in total. The summed E-state index contributed by atoms with van der Waals surface area (Å²) < 4.78 is 12.7. The van der Waals surface area contributed by atoms with Crippen LogP contribution in [0.4, 0.5) is 0 Å². The molecule has 1 N–H and O–H groups in total. The highest BCUT2D eigenvalue weighted by atomic mass is 35.5. The first-order valence-electron chi connectivity index (χ1n) is 11.6. The Morgan fingerprint density at radius 3 is 2.16 bits per heavy atom. The van der Waals surface area contributed by atoms with Gasteiger partial charge in [0.25, 0.3) is 0 Å². The predicted octanol–water partition coefficient (Wildman–Crippen LogP) is 6.53. The molecule has 9 heteroatoms. The van der Waals surface area contributed by atoms with Gasteiger partial charge in [0.2, 0.25) is 5.91 Å². The largest absolute Gasteiger partial charge is 0.497 e. The molecule has 0 saturated carbocycles. The van der Waals surface area contributed by atoms with Crippen LogP contribution in [-0.4, -0.2) is 42.0 Å². The molecule has 0 radical (unpaired) electrons. The van der Waals surface area contributed by atoms with Crippen LogP contribution in [-0.2, 0) is 18.3 Å². The monoisotopic (exact) mass is 555 g/mol. The molecule has 0 atom stereocenters. The minimum atomic E-state index is -0.0740. The maximum absolute atomic E-state index is 12.6. The van der Waals surface area contributed by atoms with Gasteiger partial charge in [-0.25, -0.2) is 4.98 Å². The quantitative estimate of drug-likeness (QED) is 0.225. The van der Waals surface area contributed by atoms with Crippen LogP contribution in [0.3, 0.4) is 0 Å². The summed E-state index contributed by atoms with van der Waals surface area (Å²) in [5.41, 5.74) is 4.68. The first-order valence-corrected chi connectivity index (χ1v) is 13.3. The van der Waals surface area contributed by atoms with Crippen molar-refractivity contribution in [2.75, 3.05) is 26.5 Å². The highest BCUT2D eigenvalue weighted by Gasteiger charge is 2.19. The maximum Gasteiger partial charge on any atom is 0.230 e. The number of benzene rings is 3.